The second-order valence-corrected chi connectivity index (χ2v) is 7.93. The van der Waals surface area contributed by atoms with Crippen molar-refractivity contribution in [3.63, 3.8) is 0 Å². The van der Waals surface area contributed by atoms with Crippen LogP contribution in [0.3, 0.4) is 0 Å². The summed E-state index contributed by atoms with van der Waals surface area (Å²) >= 11 is 0. The van der Waals surface area contributed by atoms with E-state index in [0.29, 0.717) is 25.0 Å². The van der Waals surface area contributed by atoms with Gasteiger partial charge < -0.3 is 25.4 Å². The number of rotatable bonds is 10. The fourth-order valence-electron chi connectivity index (χ4n) is 3.86. The third-order valence-corrected chi connectivity index (χ3v) is 5.80. The van der Waals surface area contributed by atoms with Gasteiger partial charge in [-0.05, 0) is 61.8 Å². The number of aryl methyl sites for hydroxylation is 1. The third kappa shape index (κ3) is 7.01. The summed E-state index contributed by atoms with van der Waals surface area (Å²) in [7, 11) is 1.76. The van der Waals surface area contributed by atoms with Crippen LogP contribution in [0.5, 0.6) is 5.75 Å². The maximum Gasteiger partial charge on any atom is 0.224 e. The maximum absolute atomic E-state index is 11.5. The number of aliphatic imine (C=N–C) groups is 1. The fraction of sp³-hybridized carbons (Fsp3) is 0.636. The minimum absolute atomic E-state index is 0. The Labute approximate surface area is 196 Å². The minimum atomic E-state index is 0. The number of ether oxygens (including phenoxy) is 2. The van der Waals surface area contributed by atoms with Crippen LogP contribution in [0, 0.1) is 5.41 Å². The SMILES string of the molecule is CCNC(=NCC1(CCOC)CCC1)NCCOc1ccc2c(c1)CCC(=O)N2.I. The van der Waals surface area contributed by atoms with Crippen molar-refractivity contribution in [3.8, 4) is 5.75 Å². The quantitative estimate of drug-likeness (QED) is 0.187. The Hall–Kier alpha value is -1.55. The zero-order valence-electron chi connectivity index (χ0n) is 18.1. The first-order chi connectivity index (χ1) is 14.1. The largest absolute Gasteiger partial charge is 0.492 e. The zero-order chi connectivity index (χ0) is 20.5. The molecule has 0 atom stereocenters. The summed E-state index contributed by atoms with van der Waals surface area (Å²) in [6.45, 7) is 5.76. The van der Waals surface area contributed by atoms with Crippen LogP contribution in [0.1, 0.15) is 44.6 Å². The average molecular weight is 530 g/mol. The number of nitrogens with one attached hydrogen (secondary N) is 3. The molecule has 0 saturated heterocycles. The lowest BCUT2D eigenvalue weighted by Gasteiger charge is -2.40. The molecule has 0 radical (unpaired) electrons. The fourth-order valence-corrected chi connectivity index (χ4v) is 3.86. The van der Waals surface area contributed by atoms with Crippen molar-refractivity contribution in [1.29, 1.82) is 0 Å². The molecule has 3 N–H and O–H groups in total. The molecule has 0 unspecified atom stereocenters. The van der Waals surface area contributed by atoms with Crippen molar-refractivity contribution in [3.05, 3.63) is 23.8 Å². The van der Waals surface area contributed by atoms with E-state index >= 15 is 0 Å². The summed E-state index contributed by atoms with van der Waals surface area (Å²) in [6.07, 6.45) is 6.14. The van der Waals surface area contributed by atoms with Crippen LogP contribution in [-0.2, 0) is 16.0 Å². The first-order valence-corrected chi connectivity index (χ1v) is 10.7. The van der Waals surface area contributed by atoms with Crippen LogP contribution in [0.2, 0.25) is 0 Å². The Bertz CT molecular complexity index is 722. The predicted octanol–water partition coefficient (Wildman–Crippen LogP) is 3.33. The zero-order valence-corrected chi connectivity index (χ0v) is 20.4. The lowest BCUT2D eigenvalue weighted by Crippen LogP contribution is -2.41. The number of fused-ring (bicyclic) bond motifs is 1. The number of amides is 1. The smallest absolute Gasteiger partial charge is 0.224 e. The molecule has 1 aliphatic carbocycles. The number of halogens is 1. The first-order valence-electron chi connectivity index (χ1n) is 10.7. The molecular formula is C22H35IN4O3. The lowest BCUT2D eigenvalue weighted by atomic mass is 9.67. The van der Waals surface area contributed by atoms with Crippen molar-refractivity contribution < 1.29 is 14.3 Å². The van der Waals surface area contributed by atoms with Crippen molar-refractivity contribution in [2.45, 2.75) is 45.4 Å². The molecule has 0 aromatic heterocycles. The number of methoxy groups -OCH3 is 1. The van der Waals surface area contributed by atoms with E-state index in [4.69, 9.17) is 14.5 Å². The van der Waals surface area contributed by atoms with E-state index < -0.39 is 0 Å². The Balaban J connectivity index is 0.00000320. The van der Waals surface area contributed by atoms with Crippen LogP contribution in [-0.4, -0.2) is 51.8 Å². The monoisotopic (exact) mass is 530 g/mol. The molecule has 1 saturated carbocycles. The molecule has 7 nitrogen and oxygen atoms in total. The van der Waals surface area contributed by atoms with Crippen molar-refractivity contribution in [2.24, 2.45) is 10.4 Å². The molecule has 30 heavy (non-hydrogen) atoms. The van der Waals surface area contributed by atoms with Crippen molar-refractivity contribution in [1.82, 2.24) is 10.6 Å². The highest BCUT2D eigenvalue weighted by atomic mass is 127. The van der Waals surface area contributed by atoms with Gasteiger partial charge in [-0.3, -0.25) is 9.79 Å². The number of carbonyl (C=O) groups is 1. The molecule has 1 heterocycles. The summed E-state index contributed by atoms with van der Waals surface area (Å²) < 4.78 is 11.2. The van der Waals surface area contributed by atoms with E-state index in [1.807, 2.05) is 18.2 Å². The molecule has 0 bridgehead atoms. The normalized spacial score (nSPS) is 17.1. The number of guanidine groups is 1. The summed E-state index contributed by atoms with van der Waals surface area (Å²) in [4.78, 5) is 16.3. The second kappa shape index (κ2) is 12.3. The molecule has 168 valence electrons. The van der Waals surface area contributed by atoms with Crippen molar-refractivity contribution >= 4 is 41.5 Å². The van der Waals surface area contributed by atoms with Gasteiger partial charge in [-0.1, -0.05) is 6.42 Å². The number of hydrogen-bond donors (Lipinski definition) is 3. The van der Waals surface area contributed by atoms with E-state index in [1.54, 1.807) is 7.11 Å². The van der Waals surface area contributed by atoms with Gasteiger partial charge in [-0.15, -0.1) is 24.0 Å². The minimum Gasteiger partial charge on any atom is -0.492 e. The molecule has 1 aromatic rings. The van der Waals surface area contributed by atoms with Crippen LogP contribution in [0.15, 0.2) is 23.2 Å². The standard InChI is InChI=1S/C22H34N4O3.HI/c1-3-23-21(25-16-22(9-4-10-22)11-13-28-2)24-12-14-29-18-6-7-19-17(15-18)5-8-20(27)26-19;/h6-7,15H,3-5,8-14,16H2,1-2H3,(H,26,27)(H2,23,24,25);1H. The molecule has 3 rings (SSSR count). The Kier molecular flexibility index (Phi) is 10.2. The van der Waals surface area contributed by atoms with Gasteiger partial charge in [0.1, 0.15) is 12.4 Å². The van der Waals surface area contributed by atoms with Gasteiger partial charge in [0.2, 0.25) is 5.91 Å². The summed E-state index contributed by atoms with van der Waals surface area (Å²) in [5.41, 5.74) is 2.34. The highest BCUT2D eigenvalue weighted by Gasteiger charge is 2.36. The van der Waals surface area contributed by atoms with Crippen LogP contribution in [0.25, 0.3) is 0 Å². The number of nitrogens with zero attached hydrogens (tertiary/aromatic N) is 1. The first kappa shape index (κ1) is 24.7. The Morgan fingerprint density at radius 3 is 2.77 bits per heavy atom. The van der Waals surface area contributed by atoms with E-state index in [0.717, 1.165) is 55.5 Å². The molecule has 1 fully saturated rings. The molecule has 1 aromatic carbocycles. The van der Waals surface area contributed by atoms with Gasteiger partial charge in [0.05, 0.1) is 6.54 Å². The highest BCUT2D eigenvalue weighted by Crippen LogP contribution is 2.44. The molecular weight excluding hydrogens is 495 g/mol. The van der Waals surface area contributed by atoms with Crippen LogP contribution >= 0.6 is 24.0 Å². The third-order valence-electron chi connectivity index (χ3n) is 5.80. The number of benzene rings is 1. The molecule has 1 amide bonds. The van der Waals surface area contributed by atoms with Gasteiger partial charge in [0.15, 0.2) is 5.96 Å². The van der Waals surface area contributed by atoms with E-state index in [9.17, 15) is 4.79 Å². The predicted molar refractivity (Wildman–Crippen MR) is 131 cm³/mol. The summed E-state index contributed by atoms with van der Waals surface area (Å²) in [5, 5.41) is 9.57. The van der Waals surface area contributed by atoms with E-state index in [1.165, 1.54) is 19.3 Å². The van der Waals surface area contributed by atoms with Gasteiger partial charge in [0, 0.05) is 38.9 Å². The number of hydrogen-bond acceptors (Lipinski definition) is 4. The van der Waals surface area contributed by atoms with Crippen molar-refractivity contribution in [2.75, 3.05) is 45.3 Å². The molecule has 8 heteroatoms. The summed E-state index contributed by atoms with van der Waals surface area (Å²) in [6, 6.07) is 5.84. The van der Waals surface area contributed by atoms with E-state index in [-0.39, 0.29) is 29.9 Å². The van der Waals surface area contributed by atoms with Gasteiger partial charge >= 0.3 is 0 Å². The Morgan fingerprint density at radius 1 is 1.23 bits per heavy atom. The van der Waals surface area contributed by atoms with Crippen LogP contribution in [0.4, 0.5) is 5.69 Å². The highest BCUT2D eigenvalue weighted by molar-refractivity contribution is 14.0. The Morgan fingerprint density at radius 2 is 2.07 bits per heavy atom. The average Bonchev–Trinajstić information content (AvgIpc) is 2.70. The van der Waals surface area contributed by atoms with Crippen LogP contribution < -0.4 is 20.7 Å². The second-order valence-electron chi connectivity index (χ2n) is 7.93. The lowest BCUT2D eigenvalue weighted by molar-refractivity contribution is -0.116. The molecule has 0 spiro atoms. The van der Waals surface area contributed by atoms with Gasteiger partial charge in [-0.2, -0.15) is 0 Å². The summed E-state index contributed by atoms with van der Waals surface area (Å²) in [5.74, 6) is 1.75. The topological polar surface area (TPSA) is 84.0 Å². The number of anilines is 1. The van der Waals surface area contributed by atoms with E-state index in [2.05, 4.69) is 22.9 Å². The molecule has 2 aliphatic rings. The molecule has 1 aliphatic heterocycles. The van der Waals surface area contributed by atoms with Gasteiger partial charge in [0.25, 0.3) is 0 Å². The van der Waals surface area contributed by atoms with Gasteiger partial charge in [-0.25, -0.2) is 0 Å². The number of carbonyl (C=O) groups excluding carboxylic acids is 1. The maximum atomic E-state index is 11.5.